The molecule has 0 aromatic carbocycles. The summed E-state index contributed by atoms with van der Waals surface area (Å²) in [7, 11) is 1.43. The van der Waals surface area contributed by atoms with Crippen LogP contribution in [0.5, 0.6) is 0 Å². The van der Waals surface area contributed by atoms with E-state index in [-0.39, 0.29) is 11.9 Å². The van der Waals surface area contributed by atoms with E-state index in [2.05, 4.69) is 10.8 Å². The molecule has 0 heterocycles. The molecule has 0 aliphatic heterocycles. The zero-order valence-corrected chi connectivity index (χ0v) is 8.99. The van der Waals surface area contributed by atoms with E-state index in [9.17, 15) is 9.59 Å². The summed E-state index contributed by atoms with van der Waals surface area (Å²) in [6.45, 7) is 0. The summed E-state index contributed by atoms with van der Waals surface area (Å²) in [4.78, 5) is 22.2. The molecule has 15 heavy (non-hydrogen) atoms. The van der Waals surface area contributed by atoms with Gasteiger partial charge in [-0.05, 0) is 25.2 Å². The van der Waals surface area contributed by atoms with Crippen LogP contribution >= 0.6 is 0 Å². The van der Waals surface area contributed by atoms with Gasteiger partial charge < -0.3 is 4.74 Å². The van der Waals surface area contributed by atoms with Crippen LogP contribution in [-0.2, 0) is 14.3 Å². The molecule has 2 aliphatic rings. The highest BCUT2D eigenvalue weighted by molar-refractivity contribution is 5.81. The molecular weight excluding hydrogens is 192 g/mol. The minimum atomic E-state index is -0.102. The second kappa shape index (κ2) is 4.17. The lowest BCUT2D eigenvalue weighted by atomic mass is 9.78. The van der Waals surface area contributed by atoms with Crippen LogP contribution in [0.15, 0.2) is 11.6 Å². The maximum absolute atomic E-state index is 11.1. The molecule has 0 N–H and O–H groups in total. The van der Waals surface area contributed by atoms with Crippen LogP contribution in [0.4, 0.5) is 0 Å². The molecule has 0 spiro atoms. The van der Waals surface area contributed by atoms with Crippen molar-refractivity contribution in [1.82, 2.24) is 0 Å². The highest BCUT2D eigenvalue weighted by atomic mass is 16.5. The molecule has 2 rings (SSSR count). The Hall–Kier alpha value is -1.12. The van der Waals surface area contributed by atoms with Crippen molar-refractivity contribution in [2.24, 2.45) is 11.8 Å². The summed E-state index contributed by atoms with van der Waals surface area (Å²) in [6, 6.07) is 0. The molecule has 1 atom stereocenters. The van der Waals surface area contributed by atoms with Crippen LogP contribution in [-0.4, -0.2) is 18.9 Å². The van der Waals surface area contributed by atoms with Gasteiger partial charge in [-0.25, -0.2) is 0 Å². The van der Waals surface area contributed by atoms with Gasteiger partial charge in [0.1, 0.15) is 5.78 Å². The van der Waals surface area contributed by atoms with Gasteiger partial charge in [0, 0.05) is 12.8 Å². The zero-order chi connectivity index (χ0) is 10.8. The van der Waals surface area contributed by atoms with E-state index in [1.807, 2.05) is 0 Å². The third-order valence-electron chi connectivity index (χ3n) is 3.31. The lowest BCUT2D eigenvalue weighted by Gasteiger charge is -2.27. The second-order valence-corrected chi connectivity index (χ2v) is 4.49. The number of hydrogen-bond acceptors (Lipinski definition) is 3. The molecule has 0 aromatic heterocycles. The molecule has 0 bridgehead atoms. The van der Waals surface area contributed by atoms with Gasteiger partial charge in [-0.15, -0.1) is 0 Å². The maximum Gasteiger partial charge on any atom is 0.309 e. The molecule has 3 nitrogen and oxygen atoms in total. The van der Waals surface area contributed by atoms with E-state index in [1.165, 1.54) is 12.7 Å². The van der Waals surface area contributed by atoms with Gasteiger partial charge in [0.15, 0.2) is 0 Å². The number of methoxy groups -OCH3 is 1. The molecule has 3 heteroatoms. The Balaban J connectivity index is 1.81. The number of ether oxygens (including phenoxy) is 1. The third kappa shape index (κ3) is 2.28. The van der Waals surface area contributed by atoms with Crippen LogP contribution in [0.3, 0.4) is 0 Å². The Labute approximate surface area is 89.5 Å². The van der Waals surface area contributed by atoms with Gasteiger partial charge in [0.05, 0.1) is 13.0 Å². The van der Waals surface area contributed by atoms with E-state index in [0.29, 0.717) is 18.1 Å². The largest absolute Gasteiger partial charge is 0.469 e. The monoisotopic (exact) mass is 208 g/mol. The predicted molar refractivity (Wildman–Crippen MR) is 55.2 cm³/mol. The fourth-order valence-corrected chi connectivity index (χ4v) is 2.36. The fraction of sp³-hybridized carbons (Fsp3) is 0.667. The average Bonchev–Trinajstić information content (AvgIpc) is 2.56. The third-order valence-corrected chi connectivity index (χ3v) is 3.31. The summed E-state index contributed by atoms with van der Waals surface area (Å²) >= 11 is 0. The number of hydrogen-bond donors (Lipinski definition) is 0. The van der Waals surface area contributed by atoms with Gasteiger partial charge >= 0.3 is 5.97 Å². The normalized spacial score (nSPS) is 29.9. The van der Waals surface area contributed by atoms with Gasteiger partial charge in [-0.3, -0.25) is 9.59 Å². The minimum Gasteiger partial charge on any atom is -0.469 e. The molecule has 1 unspecified atom stereocenters. The molecule has 0 saturated heterocycles. The van der Waals surface area contributed by atoms with E-state index >= 15 is 0 Å². The van der Waals surface area contributed by atoms with Crippen molar-refractivity contribution in [3.05, 3.63) is 11.6 Å². The molecular formula is C12H16O3. The van der Waals surface area contributed by atoms with Crippen molar-refractivity contribution in [1.29, 1.82) is 0 Å². The molecule has 2 aliphatic carbocycles. The van der Waals surface area contributed by atoms with Crippen LogP contribution in [0, 0.1) is 11.8 Å². The molecule has 2 fully saturated rings. The van der Waals surface area contributed by atoms with Crippen LogP contribution in [0.2, 0.25) is 0 Å². The van der Waals surface area contributed by atoms with Gasteiger partial charge in [-0.1, -0.05) is 11.6 Å². The number of ketones is 1. The number of esters is 1. The molecule has 0 radical (unpaired) electrons. The average molecular weight is 208 g/mol. The Morgan fingerprint density at radius 2 is 2.13 bits per heavy atom. The summed E-state index contributed by atoms with van der Waals surface area (Å²) in [5.74, 6) is 0.778. The first-order valence-corrected chi connectivity index (χ1v) is 5.48. The van der Waals surface area contributed by atoms with Crippen LogP contribution in [0.1, 0.15) is 32.1 Å². The summed E-state index contributed by atoms with van der Waals surface area (Å²) in [6.07, 6.45) is 6.28. The summed E-state index contributed by atoms with van der Waals surface area (Å²) < 4.78 is 4.67. The van der Waals surface area contributed by atoms with Crippen molar-refractivity contribution in [2.75, 3.05) is 7.11 Å². The van der Waals surface area contributed by atoms with Gasteiger partial charge in [0.2, 0.25) is 0 Å². The maximum atomic E-state index is 11.1. The van der Waals surface area contributed by atoms with E-state index in [0.717, 1.165) is 25.7 Å². The lowest BCUT2D eigenvalue weighted by Crippen LogP contribution is -2.25. The Morgan fingerprint density at radius 3 is 2.67 bits per heavy atom. The fourth-order valence-electron chi connectivity index (χ4n) is 2.36. The van der Waals surface area contributed by atoms with Gasteiger partial charge in [-0.2, -0.15) is 0 Å². The first-order chi connectivity index (χ1) is 7.19. The highest BCUT2D eigenvalue weighted by Crippen LogP contribution is 2.36. The standard InChI is InChI=1S/C12H16O3/c1-15-12(14)10-5-9(6-10)4-8-2-3-11(13)7-8/h4,8,10H,2-3,5-7H2,1H3. The summed E-state index contributed by atoms with van der Waals surface area (Å²) in [5.41, 5.74) is 1.32. The first-order valence-electron chi connectivity index (χ1n) is 5.48. The van der Waals surface area contributed by atoms with Crippen molar-refractivity contribution >= 4 is 11.8 Å². The minimum absolute atomic E-state index is 0.0679. The SMILES string of the molecule is COC(=O)C1CC(=CC2CCC(=O)C2)C1. The van der Waals surface area contributed by atoms with Gasteiger partial charge in [0.25, 0.3) is 0 Å². The lowest BCUT2D eigenvalue weighted by molar-refractivity contribution is -0.146. The van der Waals surface area contributed by atoms with Crippen molar-refractivity contribution in [3.63, 3.8) is 0 Å². The zero-order valence-electron chi connectivity index (χ0n) is 8.99. The first kappa shape index (κ1) is 10.4. The van der Waals surface area contributed by atoms with Crippen molar-refractivity contribution in [2.45, 2.75) is 32.1 Å². The van der Waals surface area contributed by atoms with E-state index < -0.39 is 0 Å². The van der Waals surface area contributed by atoms with Crippen LogP contribution < -0.4 is 0 Å². The quantitative estimate of drug-likeness (QED) is 0.514. The van der Waals surface area contributed by atoms with Crippen molar-refractivity contribution in [3.8, 4) is 0 Å². The molecule has 82 valence electrons. The highest BCUT2D eigenvalue weighted by Gasteiger charge is 2.31. The van der Waals surface area contributed by atoms with Crippen LogP contribution in [0.25, 0.3) is 0 Å². The molecule has 0 amide bonds. The Bertz CT molecular complexity index is 309. The molecule has 2 saturated carbocycles. The number of Topliss-reactive ketones (excluding diaryl/α,β-unsaturated/α-hetero) is 1. The molecule has 0 aromatic rings. The van der Waals surface area contributed by atoms with E-state index in [1.54, 1.807) is 0 Å². The second-order valence-electron chi connectivity index (χ2n) is 4.49. The topological polar surface area (TPSA) is 43.4 Å². The summed E-state index contributed by atoms with van der Waals surface area (Å²) in [5, 5.41) is 0. The van der Waals surface area contributed by atoms with Crippen molar-refractivity contribution < 1.29 is 14.3 Å². The number of rotatable bonds is 2. The number of carbonyl (C=O) groups excluding carboxylic acids is 2. The number of carbonyl (C=O) groups is 2. The smallest absolute Gasteiger partial charge is 0.309 e. The Morgan fingerprint density at radius 1 is 1.40 bits per heavy atom. The van der Waals surface area contributed by atoms with E-state index in [4.69, 9.17) is 0 Å². The predicted octanol–water partition coefficient (Wildman–Crippen LogP) is 1.86. The number of allylic oxidation sites excluding steroid dienone is 2. The Kier molecular flexibility index (Phi) is 2.89.